The van der Waals surface area contributed by atoms with Crippen molar-refractivity contribution in [1.29, 1.82) is 0 Å². The van der Waals surface area contributed by atoms with Crippen LogP contribution in [0.1, 0.15) is 38.2 Å². The average molecular weight is 291 g/mol. The number of aliphatic hydroxyl groups is 1. The number of piperidine rings is 2. The molecule has 2 saturated heterocycles. The lowest BCUT2D eigenvalue weighted by Crippen LogP contribution is -2.59. The van der Waals surface area contributed by atoms with Crippen molar-refractivity contribution in [3.63, 3.8) is 0 Å². The van der Waals surface area contributed by atoms with Gasteiger partial charge in [0.2, 0.25) is 0 Å². The molecule has 4 nitrogen and oxygen atoms in total. The Bertz CT molecular complexity index is 476. The van der Waals surface area contributed by atoms with E-state index in [1.165, 1.54) is 6.42 Å². The molecule has 1 aromatic carbocycles. The van der Waals surface area contributed by atoms with Crippen LogP contribution in [0.5, 0.6) is 0 Å². The molecule has 2 bridgehead atoms. The fourth-order valence-electron chi connectivity index (χ4n) is 3.62. The third-order valence-electron chi connectivity index (χ3n) is 4.65. The highest BCUT2D eigenvalue weighted by atomic mass is 16.4. The maximum Gasteiger partial charge on any atom is 0.303 e. The summed E-state index contributed by atoms with van der Waals surface area (Å²) in [5.74, 6) is -0.0785. The van der Waals surface area contributed by atoms with E-state index in [-0.39, 0.29) is 6.42 Å². The normalized spacial score (nSPS) is 31.4. The highest BCUT2D eigenvalue weighted by Crippen LogP contribution is 2.46. The van der Waals surface area contributed by atoms with E-state index >= 15 is 0 Å². The third-order valence-corrected chi connectivity index (χ3v) is 4.65. The van der Waals surface area contributed by atoms with E-state index in [0.717, 1.165) is 24.9 Å². The summed E-state index contributed by atoms with van der Waals surface area (Å²) >= 11 is 0. The zero-order valence-corrected chi connectivity index (χ0v) is 12.8. The highest BCUT2D eigenvalue weighted by molar-refractivity contribution is 5.66. The van der Waals surface area contributed by atoms with Crippen LogP contribution < -0.4 is 0 Å². The molecule has 0 spiro atoms. The van der Waals surface area contributed by atoms with Gasteiger partial charge < -0.3 is 10.2 Å². The van der Waals surface area contributed by atoms with Gasteiger partial charge in [0.05, 0.1) is 0 Å². The number of rotatable bonds is 2. The van der Waals surface area contributed by atoms with E-state index in [4.69, 9.17) is 5.11 Å². The number of carboxylic acids is 1. The highest BCUT2D eigenvalue weighted by Gasteiger charge is 2.49. The van der Waals surface area contributed by atoms with E-state index < -0.39 is 11.6 Å². The van der Waals surface area contributed by atoms with E-state index in [2.05, 4.69) is 24.1 Å². The van der Waals surface area contributed by atoms with Crippen molar-refractivity contribution >= 4 is 5.97 Å². The molecule has 3 aliphatic rings. The summed E-state index contributed by atoms with van der Waals surface area (Å²) in [6.07, 6.45) is 3.57. The molecule has 3 unspecified atom stereocenters. The summed E-state index contributed by atoms with van der Waals surface area (Å²) in [5.41, 5.74) is 0.480. The van der Waals surface area contributed by atoms with E-state index in [1.54, 1.807) is 6.92 Å². The molecule has 0 radical (unpaired) electrons. The van der Waals surface area contributed by atoms with Crippen molar-refractivity contribution in [2.75, 3.05) is 13.6 Å². The summed E-state index contributed by atoms with van der Waals surface area (Å²) in [4.78, 5) is 11.7. The smallest absolute Gasteiger partial charge is 0.303 e. The van der Waals surface area contributed by atoms with Crippen LogP contribution in [-0.4, -0.2) is 40.7 Å². The van der Waals surface area contributed by atoms with Crippen molar-refractivity contribution in [3.8, 4) is 0 Å². The first kappa shape index (κ1) is 16.0. The predicted molar refractivity (Wildman–Crippen MR) is 82.0 cm³/mol. The van der Waals surface area contributed by atoms with Gasteiger partial charge in [-0.3, -0.25) is 9.69 Å². The van der Waals surface area contributed by atoms with Crippen molar-refractivity contribution in [2.24, 2.45) is 5.92 Å². The molecule has 1 aliphatic carbocycles. The van der Waals surface area contributed by atoms with Gasteiger partial charge in [-0.05, 0) is 37.8 Å². The van der Waals surface area contributed by atoms with Gasteiger partial charge in [-0.1, -0.05) is 37.3 Å². The first-order chi connectivity index (χ1) is 9.97. The maximum atomic E-state index is 11.0. The van der Waals surface area contributed by atoms with Crippen LogP contribution in [0.2, 0.25) is 0 Å². The minimum absolute atomic E-state index is 0.222. The molecule has 2 heterocycles. The van der Waals surface area contributed by atoms with Crippen LogP contribution in [-0.2, 0) is 10.4 Å². The molecule has 3 atom stereocenters. The fraction of sp³-hybridized carbons (Fsp3) is 0.588. The lowest BCUT2D eigenvalue weighted by atomic mass is 9.67. The van der Waals surface area contributed by atoms with Gasteiger partial charge in [-0.25, -0.2) is 0 Å². The quantitative estimate of drug-likeness (QED) is 0.879. The number of fused-ring (bicyclic) bond motifs is 3. The molecule has 1 saturated carbocycles. The Morgan fingerprint density at radius 2 is 1.95 bits per heavy atom. The molecular weight excluding hydrogens is 266 g/mol. The molecule has 21 heavy (non-hydrogen) atoms. The molecule has 0 aromatic heterocycles. The van der Waals surface area contributed by atoms with Gasteiger partial charge >= 0.3 is 5.97 Å². The number of hydrogen-bond acceptors (Lipinski definition) is 3. The van der Waals surface area contributed by atoms with Gasteiger partial charge in [0.15, 0.2) is 0 Å². The predicted octanol–water partition coefficient (Wildman–Crippen LogP) is 2.47. The lowest BCUT2D eigenvalue weighted by Gasteiger charge is -2.53. The minimum atomic E-state index is -0.745. The molecule has 4 rings (SSSR count). The van der Waals surface area contributed by atoms with Crippen molar-refractivity contribution in [1.82, 2.24) is 4.90 Å². The maximum absolute atomic E-state index is 11.0. The Balaban J connectivity index is 0.000000282. The molecule has 116 valence electrons. The second kappa shape index (κ2) is 6.58. The number of hydrogen-bond donors (Lipinski definition) is 2. The van der Waals surface area contributed by atoms with Gasteiger partial charge in [0, 0.05) is 19.0 Å². The topological polar surface area (TPSA) is 60.8 Å². The first-order valence-electron chi connectivity index (χ1n) is 7.67. The molecule has 4 heteroatoms. The fourth-order valence-corrected chi connectivity index (χ4v) is 3.62. The van der Waals surface area contributed by atoms with Crippen molar-refractivity contribution in [3.05, 3.63) is 35.9 Å². The van der Waals surface area contributed by atoms with Crippen LogP contribution in [0.4, 0.5) is 0 Å². The van der Waals surface area contributed by atoms with Crippen LogP contribution >= 0.6 is 0 Å². The summed E-state index contributed by atoms with van der Waals surface area (Å²) in [6, 6.07) is 10.5. The number of carboxylic acid groups (broad SMARTS) is 1. The Morgan fingerprint density at radius 1 is 1.33 bits per heavy atom. The van der Waals surface area contributed by atoms with Crippen LogP contribution in [0, 0.1) is 5.92 Å². The third kappa shape index (κ3) is 3.44. The van der Waals surface area contributed by atoms with Crippen LogP contribution in [0.15, 0.2) is 30.3 Å². The molecule has 2 aliphatic heterocycles. The summed E-state index contributed by atoms with van der Waals surface area (Å²) in [7, 11) is 2.14. The minimum Gasteiger partial charge on any atom is -0.481 e. The van der Waals surface area contributed by atoms with Gasteiger partial charge in [-0.2, -0.15) is 0 Å². The van der Waals surface area contributed by atoms with Gasteiger partial charge in [0.1, 0.15) is 5.60 Å². The number of likely N-dealkylation sites (N-methyl/N-ethyl adjacent to an activating group) is 1. The molecule has 1 aromatic rings. The zero-order chi connectivity index (χ0) is 15.5. The number of nitrogens with zero attached hydrogens (tertiary/aromatic N) is 1. The number of benzene rings is 1. The lowest BCUT2D eigenvalue weighted by molar-refractivity contribution is -0.136. The molecule has 3 fully saturated rings. The SMILES string of the molecule is CCC(=O)O.CN1CC2CCC1C(O)(c1ccccc1)C2. The van der Waals surface area contributed by atoms with E-state index in [1.807, 2.05) is 18.2 Å². The standard InChI is InChI=1S/C14H19NO.C3H6O2/c1-15-10-11-7-8-13(15)14(16,9-11)12-5-3-2-4-6-12;1-2-3(4)5/h2-6,11,13,16H,7-10H2,1H3;2H2,1H3,(H,4,5). The summed E-state index contributed by atoms with van der Waals surface area (Å²) in [6.45, 7) is 2.75. The van der Waals surface area contributed by atoms with E-state index in [9.17, 15) is 9.90 Å². The van der Waals surface area contributed by atoms with Crippen molar-refractivity contribution < 1.29 is 15.0 Å². The monoisotopic (exact) mass is 291 g/mol. The Hall–Kier alpha value is -1.39. The van der Waals surface area contributed by atoms with Gasteiger partial charge in [0.25, 0.3) is 0 Å². The second-order valence-corrected chi connectivity index (χ2v) is 6.14. The van der Waals surface area contributed by atoms with E-state index in [0.29, 0.717) is 12.0 Å². The molecular formula is C17H25NO3. The van der Waals surface area contributed by atoms with Crippen molar-refractivity contribution in [2.45, 2.75) is 44.2 Å². The summed E-state index contributed by atoms with van der Waals surface area (Å²) in [5, 5.41) is 18.7. The second-order valence-electron chi connectivity index (χ2n) is 6.14. The molecule has 2 N–H and O–H groups in total. The number of carbonyl (C=O) groups is 1. The number of aliphatic carboxylic acids is 1. The Morgan fingerprint density at radius 3 is 2.43 bits per heavy atom. The Kier molecular flexibility index (Phi) is 5.01. The summed E-state index contributed by atoms with van der Waals surface area (Å²) < 4.78 is 0. The van der Waals surface area contributed by atoms with Crippen LogP contribution in [0.3, 0.4) is 0 Å². The Labute approximate surface area is 126 Å². The first-order valence-corrected chi connectivity index (χ1v) is 7.67. The van der Waals surface area contributed by atoms with Crippen LogP contribution in [0.25, 0.3) is 0 Å². The largest absolute Gasteiger partial charge is 0.481 e. The van der Waals surface area contributed by atoms with Gasteiger partial charge in [-0.15, -0.1) is 0 Å². The average Bonchev–Trinajstić information content (AvgIpc) is 2.48. The zero-order valence-electron chi connectivity index (χ0n) is 12.8. The molecule has 0 amide bonds.